The summed E-state index contributed by atoms with van der Waals surface area (Å²) in [7, 11) is 0. The van der Waals surface area contributed by atoms with Gasteiger partial charge >= 0.3 is 0 Å². The fourth-order valence-corrected chi connectivity index (χ4v) is 2.47. The number of nitrogens with zero attached hydrogens (tertiary/aromatic N) is 6. The number of pyridine rings is 1. The number of hydrogen-bond acceptors (Lipinski definition) is 5. The molecule has 25 heavy (non-hydrogen) atoms. The summed E-state index contributed by atoms with van der Waals surface area (Å²) >= 11 is 0. The molecule has 3 aromatic rings. The minimum Gasteiger partial charge on any atom is -0.345 e. The minimum absolute atomic E-state index is 0.0746. The van der Waals surface area contributed by atoms with Gasteiger partial charge in [-0.2, -0.15) is 5.10 Å². The second-order valence-corrected chi connectivity index (χ2v) is 5.69. The van der Waals surface area contributed by atoms with Gasteiger partial charge in [0.15, 0.2) is 5.69 Å². The summed E-state index contributed by atoms with van der Waals surface area (Å²) in [4.78, 5) is 16.2. The molecule has 0 radical (unpaired) electrons. The Bertz CT molecular complexity index is 906. The predicted octanol–water partition coefficient (Wildman–Crippen LogP) is 1.37. The SMILES string of the molecule is O=C(NCc1ccnn1C1CC1(F)F)c1cn(-c2cccnc2)nn1. The van der Waals surface area contributed by atoms with Crippen molar-refractivity contribution in [3.8, 4) is 5.69 Å². The van der Waals surface area contributed by atoms with Crippen molar-refractivity contribution in [1.82, 2.24) is 35.1 Å². The molecule has 8 nitrogen and oxygen atoms in total. The highest BCUT2D eigenvalue weighted by atomic mass is 19.3. The van der Waals surface area contributed by atoms with E-state index in [9.17, 15) is 13.6 Å². The average molecular weight is 345 g/mol. The second kappa shape index (κ2) is 5.72. The van der Waals surface area contributed by atoms with Crippen LogP contribution in [0.25, 0.3) is 5.69 Å². The van der Waals surface area contributed by atoms with E-state index in [1.807, 2.05) is 0 Å². The first-order valence-corrected chi connectivity index (χ1v) is 7.56. The number of rotatable bonds is 5. The molecule has 1 aliphatic carbocycles. The highest BCUT2D eigenvalue weighted by Crippen LogP contribution is 2.52. The van der Waals surface area contributed by atoms with Crippen LogP contribution in [0.5, 0.6) is 0 Å². The molecule has 0 aliphatic heterocycles. The first-order valence-electron chi connectivity index (χ1n) is 7.56. The van der Waals surface area contributed by atoms with Crippen molar-refractivity contribution in [2.24, 2.45) is 0 Å². The molecule has 0 spiro atoms. The van der Waals surface area contributed by atoms with E-state index in [2.05, 4.69) is 25.7 Å². The van der Waals surface area contributed by atoms with Crippen molar-refractivity contribution >= 4 is 5.91 Å². The number of hydrogen-bond donors (Lipinski definition) is 1. The minimum atomic E-state index is -2.73. The Labute approximate surface area is 140 Å². The lowest BCUT2D eigenvalue weighted by molar-refractivity contribution is 0.0940. The normalized spacial score (nSPS) is 18.1. The summed E-state index contributed by atoms with van der Waals surface area (Å²) in [5.74, 6) is -3.18. The molecule has 0 saturated heterocycles. The molecule has 10 heteroatoms. The molecule has 1 saturated carbocycles. The number of carbonyl (C=O) groups is 1. The monoisotopic (exact) mass is 345 g/mol. The Morgan fingerprint density at radius 2 is 2.20 bits per heavy atom. The summed E-state index contributed by atoms with van der Waals surface area (Å²) in [6.45, 7) is 0.0746. The molecule has 1 aliphatic rings. The van der Waals surface area contributed by atoms with Gasteiger partial charge in [0.2, 0.25) is 0 Å². The predicted molar refractivity (Wildman–Crippen MR) is 81.2 cm³/mol. The summed E-state index contributed by atoms with van der Waals surface area (Å²) in [6.07, 6.45) is 5.90. The van der Waals surface area contributed by atoms with Gasteiger partial charge in [0.25, 0.3) is 11.8 Å². The lowest BCUT2D eigenvalue weighted by Gasteiger charge is -2.07. The van der Waals surface area contributed by atoms with Crippen LogP contribution < -0.4 is 5.32 Å². The van der Waals surface area contributed by atoms with E-state index in [4.69, 9.17) is 0 Å². The zero-order valence-corrected chi connectivity index (χ0v) is 12.9. The van der Waals surface area contributed by atoms with Gasteiger partial charge in [0.05, 0.1) is 30.3 Å². The van der Waals surface area contributed by atoms with Gasteiger partial charge in [-0.25, -0.2) is 13.5 Å². The van der Waals surface area contributed by atoms with Gasteiger partial charge in [-0.1, -0.05) is 5.21 Å². The molecule has 1 fully saturated rings. The highest BCUT2D eigenvalue weighted by Gasteiger charge is 2.59. The number of nitrogens with one attached hydrogen (secondary N) is 1. The number of carbonyl (C=O) groups excluding carboxylic acids is 1. The van der Waals surface area contributed by atoms with Crippen LogP contribution in [0.4, 0.5) is 8.78 Å². The van der Waals surface area contributed by atoms with Crippen molar-refractivity contribution < 1.29 is 13.6 Å². The molecule has 1 unspecified atom stereocenters. The first-order chi connectivity index (χ1) is 12.0. The third-order valence-corrected chi connectivity index (χ3v) is 3.91. The summed E-state index contributed by atoms with van der Waals surface area (Å²) in [5.41, 5.74) is 1.30. The van der Waals surface area contributed by atoms with Crippen molar-refractivity contribution in [2.45, 2.75) is 24.9 Å². The standard InChI is InChI=1S/C15H13F2N7O/c16-15(17)6-13(15)24-11(3-5-20-24)8-19-14(25)12-9-23(22-21-12)10-2-1-4-18-7-10/h1-5,7,9,13H,6,8H2,(H,19,25). The van der Waals surface area contributed by atoms with E-state index in [1.165, 1.54) is 21.8 Å². The molecule has 1 N–H and O–H groups in total. The van der Waals surface area contributed by atoms with Crippen LogP contribution in [0.3, 0.4) is 0 Å². The van der Waals surface area contributed by atoms with Crippen LogP contribution in [0, 0.1) is 0 Å². The quantitative estimate of drug-likeness (QED) is 0.754. The molecule has 3 heterocycles. The summed E-state index contributed by atoms with van der Waals surface area (Å²) in [5, 5.41) is 14.2. The van der Waals surface area contributed by atoms with Gasteiger partial charge in [0, 0.05) is 18.8 Å². The summed E-state index contributed by atoms with van der Waals surface area (Å²) in [6, 6.07) is 4.19. The molecule has 0 aromatic carbocycles. The molecule has 0 bridgehead atoms. The van der Waals surface area contributed by atoms with E-state index < -0.39 is 17.9 Å². The van der Waals surface area contributed by atoms with Crippen LogP contribution in [0.2, 0.25) is 0 Å². The van der Waals surface area contributed by atoms with Crippen molar-refractivity contribution in [1.29, 1.82) is 0 Å². The third kappa shape index (κ3) is 2.97. The molecule has 1 atom stereocenters. The topological polar surface area (TPSA) is 90.5 Å². The molecular weight excluding hydrogens is 332 g/mol. The largest absolute Gasteiger partial charge is 0.345 e. The molecule has 1 amide bonds. The van der Waals surface area contributed by atoms with E-state index >= 15 is 0 Å². The Hall–Kier alpha value is -3.17. The van der Waals surface area contributed by atoms with Crippen molar-refractivity contribution in [2.75, 3.05) is 0 Å². The summed E-state index contributed by atoms with van der Waals surface area (Å²) < 4.78 is 29.1. The van der Waals surface area contributed by atoms with Crippen LogP contribution in [0.15, 0.2) is 43.0 Å². The fraction of sp³-hybridized carbons (Fsp3) is 0.267. The van der Waals surface area contributed by atoms with E-state index in [-0.39, 0.29) is 18.7 Å². The lowest BCUT2D eigenvalue weighted by Crippen LogP contribution is -2.25. The number of aromatic nitrogens is 6. The van der Waals surface area contributed by atoms with E-state index in [0.717, 1.165) is 0 Å². The van der Waals surface area contributed by atoms with E-state index in [1.54, 1.807) is 30.6 Å². The third-order valence-electron chi connectivity index (χ3n) is 3.91. The number of halogens is 2. The van der Waals surface area contributed by atoms with Gasteiger partial charge in [-0.05, 0) is 18.2 Å². The molecule has 3 aromatic heterocycles. The van der Waals surface area contributed by atoms with Crippen LogP contribution in [-0.2, 0) is 6.54 Å². The lowest BCUT2D eigenvalue weighted by atomic mass is 10.3. The van der Waals surface area contributed by atoms with Gasteiger partial charge in [0.1, 0.15) is 6.04 Å². The fourth-order valence-electron chi connectivity index (χ4n) is 2.47. The number of amides is 1. The maximum Gasteiger partial charge on any atom is 0.273 e. The zero-order chi connectivity index (χ0) is 17.4. The average Bonchev–Trinajstić information content (AvgIpc) is 3.06. The van der Waals surface area contributed by atoms with Crippen LogP contribution in [0.1, 0.15) is 28.6 Å². The second-order valence-electron chi connectivity index (χ2n) is 5.69. The zero-order valence-electron chi connectivity index (χ0n) is 12.9. The maximum absolute atomic E-state index is 13.2. The molecular formula is C15H13F2N7O. The smallest absolute Gasteiger partial charge is 0.273 e. The van der Waals surface area contributed by atoms with E-state index in [0.29, 0.717) is 11.4 Å². The van der Waals surface area contributed by atoms with Crippen LogP contribution in [-0.4, -0.2) is 41.6 Å². The maximum atomic E-state index is 13.2. The highest BCUT2D eigenvalue weighted by molar-refractivity contribution is 5.91. The first kappa shape index (κ1) is 15.4. The van der Waals surface area contributed by atoms with Crippen LogP contribution >= 0.6 is 0 Å². The van der Waals surface area contributed by atoms with Gasteiger partial charge in [-0.3, -0.25) is 14.5 Å². The van der Waals surface area contributed by atoms with Crippen molar-refractivity contribution in [3.05, 3.63) is 54.4 Å². The Balaban J connectivity index is 1.42. The van der Waals surface area contributed by atoms with Gasteiger partial charge < -0.3 is 5.32 Å². The Kier molecular flexibility index (Phi) is 3.52. The Morgan fingerprint density at radius 1 is 1.36 bits per heavy atom. The Morgan fingerprint density at radius 3 is 2.92 bits per heavy atom. The van der Waals surface area contributed by atoms with Gasteiger partial charge in [-0.15, -0.1) is 5.10 Å². The van der Waals surface area contributed by atoms with Crippen molar-refractivity contribution in [3.63, 3.8) is 0 Å². The molecule has 128 valence electrons. The number of alkyl halides is 2. The molecule has 4 rings (SSSR count).